The quantitative estimate of drug-likeness (QED) is 0.0288. The number of hydrogen-bond acceptors (Lipinski definition) is 24. The number of urea groups is 2. The summed E-state index contributed by atoms with van der Waals surface area (Å²) in [5, 5.41) is 31.2. The van der Waals surface area contributed by atoms with Gasteiger partial charge in [-0.25, -0.2) is 29.3 Å². The SMILES string of the molecule is C=C(NCC(=O)OCC)NCc1ccc(N)nc1.C=C(NCC(=O)OCC)NCc1ccc(O)c(OC)c1.CCOC(=O)C1CCCCN1C(=O)CNC(=O)NCc1ccc(N)nc1.CCOC(=O)CNC(=O)NCCc1nc(N)cc(=O)[nH]1. The Bertz CT molecular complexity index is 2790. The number of methoxy groups -OCH3 is 1. The number of pyridine rings is 2. The number of benzene rings is 1. The molecule has 1 aliphatic rings. The number of nitrogen functional groups attached to an aromatic ring is 3. The Morgan fingerprint density at radius 2 is 1.13 bits per heavy atom. The average Bonchev–Trinajstić information content (AvgIpc) is 3.56. The molecule has 1 fully saturated rings. The minimum Gasteiger partial charge on any atom is -0.504 e. The van der Waals surface area contributed by atoms with Crippen LogP contribution in [0.1, 0.15) is 69.5 Å². The van der Waals surface area contributed by atoms with Gasteiger partial charge in [-0.05, 0) is 87.9 Å². The first kappa shape index (κ1) is 70.1. The van der Waals surface area contributed by atoms with E-state index < -0.39 is 24.1 Å². The highest BCUT2D eigenvalue weighted by Crippen LogP contribution is 2.26. The maximum atomic E-state index is 12.4. The van der Waals surface area contributed by atoms with E-state index in [1.54, 1.807) is 76.5 Å². The summed E-state index contributed by atoms with van der Waals surface area (Å²) in [5.41, 5.74) is 18.7. The molecule has 30 heteroatoms. The molecule has 1 atom stereocenters. The molecule has 30 nitrogen and oxygen atoms in total. The van der Waals surface area contributed by atoms with Crippen LogP contribution in [0.25, 0.3) is 0 Å². The Morgan fingerprint density at radius 1 is 0.631 bits per heavy atom. The van der Waals surface area contributed by atoms with E-state index in [-0.39, 0.29) is 93.4 Å². The zero-order valence-electron chi connectivity index (χ0n) is 48.1. The summed E-state index contributed by atoms with van der Waals surface area (Å²) in [4.78, 5) is 108. The van der Waals surface area contributed by atoms with Gasteiger partial charge in [0.25, 0.3) is 5.56 Å². The van der Waals surface area contributed by atoms with Gasteiger partial charge in [0.05, 0.1) is 51.7 Å². The van der Waals surface area contributed by atoms with Gasteiger partial charge in [0.1, 0.15) is 49.0 Å². The van der Waals surface area contributed by atoms with Crippen LogP contribution in [-0.4, -0.2) is 151 Å². The molecule has 4 heterocycles. The molecule has 5 rings (SSSR count). The molecule has 5 amide bonds. The number of likely N-dealkylation sites (tertiary alicyclic amines) is 1. The number of piperidine rings is 1. The van der Waals surface area contributed by atoms with Gasteiger partial charge in [0, 0.05) is 57.6 Å². The fourth-order valence-electron chi connectivity index (χ4n) is 6.82. The molecular formula is C54H80N16O14. The van der Waals surface area contributed by atoms with Crippen LogP contribution in [0.3, 0.4) is 0 Å². The van der Waals surface area contributed by atoms with Gasteiger partial charge in [-0.15, -0.1) is 0 Å². The molecule has 0 saturated carbocycles. The monoisotopic (exact) mass is 1180 g/mol. The Kier molecular flexibility index (Phi) is 33.5. The smallest absolute Gasteiger partial charge is 0.328 e. The number of phenolic OH excluding ortho intramolecular Hbond substituents is 1. The fourth-order valence-corrected chi connectivity index (χ4v) is 6.82. The third kappa shape index (κ3) is 30.5. The number of anilines is 3. The molecule has 0 spiro atoms. The Balaban J connectivity index is 0.000000386. The van der Waals surface area contributed by atoms with Gasteiger partial charge in [-0.3, -0.25) is 24.0 Å². The number of nitrogens with one attached hydrogen (secondary N) is 9. The predicted octanol–water partition coefficient (Wildman–Crippen LogP) is 0.656. The zero-order valence-corrected chi connectivity index (χ0v) is 48.1. The van der Waals surface area contributed by atoms with Gasteiger partial charge in [-0.1, -0.05) is 31.4 Å². The van der Waals surface area contributed by atoms with Crippen molar-refractivity contribution in [1.82, 2.24) is 67.4 Å². The lowest BCUT2D eigenvalue weighted by Gasteiger charge is -2.34. The van der Waals surface area contributed by atoms with Crippen molar-refractivity contribution in [2.24, 2.45) is 0 Å². The number of ether oxygens (including phenoxy) is 5. The second-order valence-electron chi connectivity index (χ2n) is 17.3. The van der Waals surface area contributed by atoms with E-state index in [0.717, 1.165) is 29.5 Å². The molecule has 1 aliphatic heterocycles. The molecule has 3 aromatic heterocycles. The van der Waals surface area contributed by atoms with E-state index in [2.05, 4.69) is 80.4 Å². The van der Waals surface area contributed by atoms with Crippen LogP contribution in [0.2, 0.25) is 0 Å². The van der Waals surface area contributed by atoms with Crippen molar-refractivity contribution in [2.75, 3.05) is 90.0 Å². The van der Waals surface area contributed by atoms with Crippen molar-refractivity contribution < 1.29 is 62.4 Å². The van der Waals surface area contributed by atoms with Gasteiger partial charge >= 0.3 is 35.9 Å². The van der Waals surface area contributed by atoms with Crippen LogP contribution in [0.5, 0.6) is 11.5 Å². The molecule has 1 unspecified atom stereocenters. The number of H-pyrrole nitrogens is 1. The number of esters is 4. The molecule has 84 heavy (non-hydrogen) atoms. The number of aromatic nitrogens is 4. The van der Waals surface area contributed by atoms with E-state index in [0.29, 0.717) is 80.5 Å². The first-order valence-corrected chi connectivity index (χ1v) is 26.6. The predicted molar refractivity (Wildman–Crippen MR) is 310 cm³/mol. The minimum absolute atomic E-state index is 0.0680. The van der Waals surface area contributed by atoms with Crippen LogP contribution >= 0.6 is 0 Å². The summed E-state index contributed by atoms with van der Waals surface area (Å²) < 4.78 is 24.3. The molecule has 460 valence electrons. The molecule has 0 radical (unpaired) electrons. The number of phenols is 1. The third-order valence-corrected chi connectivity index (χ3v) is 10.8. The lowest BCUT2D eigenvalue weighted by molar-refractivity contribution is -0.156. The molecule has 0 bridgehead atoms. The van der Waals surface area contributed by atoms with Gasteiger partial charge in [-0.2, -0.15) is 0 Å². The van der Waals surface area contributed by atoms with Gasteiger partial charge in [0.2, 0.25) is 5.91 Å². The van der Waals surface area contributed by atoms with E-state index in [9.17, 15) is 43.5 Å². The fraction of sp³-hybridized carbons (Fsp3) is 0.426. The van der Waals surface area contributed by atoms with Crippen LogP contribution in [-0.2, 0) is 69.0 Å². The summed E-state index contributed by atoms with van der Waals surface area (Å²) in [6, 6.07) is 11.7. The van der Waals surface area contributed by atoms with E-state index in [1.165, 1.54) is 18.1 Å². The molecule has 16 N–H and O–H groups in total. The average molecular weight is 1180 g/mol. The second-order valence-corrected chi connectivity index (χ2v) is 17.3. The number of carbonyl (C=O) groups excluding carboxylic acids is 7. The highest BCUT2D eigenvalue weighted by molar-refractivity contribution is 5.88. The standard InChI is InChI=1S/C17H25N5O4.C14H20N2O4.C12H18N4O2.C11H17N5O4/c1-2-26-16(24)13-5-3-4-8-22(13)15(23)11-21-17(25)20-10-12-6-7-14(18)19-9-12;1-4-20-14(18)9-16-10(2)15-8-11-5-6-12(17)13(7-11)19-3;1-3-18-12(17)8-15-9(2)14-6-10-4-5-11(13)16-7-10;1-2-20-10(18)6-14-11(19)13-4-3-8-15-7(12)5-9(17)16-8/h6-7,9,13H,2-5,8,10-11H2,1H3,(H2,18,19)(H2,20,21,25);5-7,15-17H,2,4,8-9H2,1,3H3;4-5,7,14-15H,2-3,6,8H2,1H3,(H2,13,16);5H,2-4,6H2,1H3,(H2,13,14,19)(H3,12,15,16,17). The van der Waals surface area contributed by atoms with E-state index >= 15 is 0 Å². The van der Waals surface area contributed by atoms with Gasteiger partial charge in [0.15, 0.2) is 11.5 Å². The maximum absolute atomic E-state index is 12.4. The Morgan fingerprint density at radius 3 is 1.64 bits per heavy atom. The van der Waals surface area contributed by atoms with Crippen LogP contribution < -0.4 is 70.0 Å². The molecule has 1 saturated heterocycles. The number of nitrogens with zero attached hydrogens (tertiary/aromatic N) is 4. The molecule has 0 aliphatic carbocycles. The number of aromatic amines is 1. The summed E-state index contributed by atoms with van der Waals surface area (Å²) in [6.45, 7) is 17.5. The van der Waals surface area contributed by atoms with Crippen LogP contribution in [0.15, 0.2) is 90.5 Å². The highest BCUT2D eigenvalue weighted by atomic mass is 16.5. The Hall–Kier alpha value is -10.0. The summed E-state index contributed by atoms with van der Waals surface area (Å²) in [7, 11) is 1.49. The van der Waals surface area contributed by atoms with Crippen molar-refractivity contribution >= 4 is 59.3 Å². The van der Waals surface area contributed by atoms with E-state index in [1.807, 2.05) is 6.07 Å². The number of nitrogens with two attached hydrogens (primary N) is 3. The van der Waals surface area contributed by atoms with Crippen molar-refractivity contribution in [2.45, 2.75) is 79.1 Å². The summed E-state index contributed by atoms with van der Waals surface area (Å²) >= 11 is 0. The summed E-state index contributed by atoms with van der Waals surface area (Å²) in [6.07, 6.45) is 5.85. The third-order valence-electron chi connectivity index (χ3n) is 10.8. The number of hydrogen-bond donors (Lipinski definition) is 13. The Labute approximate surface area is 486 Å². The summed E-state index contributed by atoms with van der Waals surface area (Å²) in [5.74, 6) is 1.12. The van der Waals surface area contributed by atoms with Crippen LogP contribution in [0, 0.1) is 0 Å². The number of carbonyl (C=O) groups is 7. The van der Waals surface area contributed by atoms with Crippen LogP contribution in [0.4, 0.5) is 27.0 Å². The van der Waals surface area contributed by atoms with Crippen molar-refractivity contribution in [3.05, 3.63) is 119 Å². The molecule has 4 aromatic rings. The number of aromatic hydroxyl groups is 1. The van der Waals surface area contributed by atoms with Gasteiger partial charge < -0.3 is 98.4 Å². The lowest BCUT2D eigenvalue weighted by Crippen LogP contribution is -2.52. The largest absolute Gasteiger partial charge is 0.504 e. The number of amides is 5. The first-order valence-electron chi connectivity index (χ1n) is 26.6. The second kappa shape index (κ2) is 40.2. The number of rotatable bonds is 27. The topological polar surface area (TPSA) is 435 Å². The maximum Gasteiger partial charge on any atom is 0.328 e. The van der Waals surface area contributed by atoms with Crippen molar-refractivity contribution in [1.29, 1.82) is 0 Å². The van der Waals surface area contributed by atoms with E-state index in [4.69, 9.17) is 36.1 Å². The van der Waals surface area contributed by atoms with Crippen molar-refractivity contribution in [3.8, 4) is 11.5 Å². The normalized spacial score (nSPS) is 11.9. The zero-order chi connectivity index (χ0) is 62.2. The first-order chi connectivity index (χ1) is 40.2. The highest BCUT2D eigenvalue weighted by Gasteiger charge is 2.33. The lowest BCUT2D eigenvalue weighted by atomic mass is 10.0. The molecule has 1 aromatic carbocycles. The minimum atomic E-state index is -0.568. The van der Waals surface area contributed by atoms with Crippen molar-refractivity contribution in [3.63, 3.8) is 0 Å². The molecular weight excluding hydrogens is 1100 g/mol.